The molecule has 6 nitrogen and oxygen atoms in total. The maximum absolute atomic E-state index is 11.8. The van der Waals surface area contributed by atoms with Gasteiger partial charge < -0.3 is 22.0 Å². The Labute approximate surface area is 225 Å². The second-order valence-electron chi connectivity index (χ2n) is 8.67. The van der Waals surface area contributed by atoms with Gasteiger partial charge in [0.2, 0.25) is 5.91 Å². The molecule has 0 spiro atoms. The van der Waals surface area contributed by atoms with Crippen molar-refractivity contribution < 1.29 is 54.2 Å². The van der Waals surface area contributed by atoms with E-state index in [1.54, 1.807) is 0 Å². The summed E-state index contributed by atoms with van der Waals surface area (Å²) in [5, 5.41) is 20.1. The Morgan fingerprint density at radius 2 is 1.06 bits per heavy atom. The number of amides is 1. The van der Waals surface area contributed by atoms with Crippen LogP contribution in [0.3, 0.4) is 0 Å². The van der Waals surface area contributed by atoms with Crippen molar-refractivity contribution in [3.05, 3.63) is 6.42 Å². The second-order valence-corrected chi connectivity index (χ2v) is 8.67. The van der Waals surface area contributed by atoms with Crippen LogP contribution in [0.4, 0.5) is 0 Å². The minimum atomic E-state index is -1.18. The Hall–Kier alpha value is -0.590. The molecule has 7 heteroatoms. The van der Waals surface area contributed by atoms with Crippen LogP contribution in [-0.2, 0) is 14.4 Å². The van der Waals surface area contributed by atoms with Gasteiger partial charge in [-0.25, -0.2) is 4.79 Å². The minimum Gasteiger partial charge on any atom is -0.481 e. The van der Waals surface area contributed by atoms with E-state index in [4.69, 9.17) is 10.2 Å². The van der Waals surface area contributed by atoms with Crippen LogP contribution in [0.25, 0.3) is 0 Å². The molecular formula is C26H50NNaO5. The molecule has 33 heavy (non-hydrogen) atoms. The zero-order valence-corrected chi connectivity index (χ0v) is 24.0. The van der Waals surface area contributed by atoms with Gasteiger partial charge in [-0.1, -0.05) is 96.8 Å². The number of hydrogen-bond donors (Lipinski definition) is 3. The molecular weight excluding hydrogens is 429 g/mol. The molecule has 0 aliphatic carbocycles. The van der Waals surface area contributed by atoms with Gasteiger partial charge in [0.1, 0.15) is 6.04 Å². The van der Waals surface area contributed by atoms with Gasteiger partial charge in [0.15, 0.2) is 0 Å². The number of carboxylic acid groups (broad SMARTS) is 2. The van der Waals surface area contributed by atoms with E-state index in [0.717, 1.165) is 19.3 Å². The number of unbranched alkanes of at least 4 members (excludes halogenated alkanes) is 14. The molecule has 0 saturated heterocycles. The first kappa shape index (κ1) is 37.0. The monoisotopic (exact) mass is 479 g/mol. The fraction of sp³-hybridized carbons (Fsp3) is 0.846. The summed E-state index contributed by atoms with van der Waals surface area (Å²) in [6.45, 7) is 6.25. The molecule has 0 bridgehead atoms. The topological polar surface area (TPSA) is 104 Å². The number of nitrogens with one attached hydrogen (secondary N) is 1. The van der Waals surface area contributed by atoms with Crippen LogP contribution in [0, 0.1) is 6.42 Å². The molecule has 0 saturated carbocycles. The normalized spacial score (nSPS) is 11.0. The Morgan fingerprint density at radius 3 is 1.39 bits per heavy atom. The predicted molar refractivity (Wildman–Crippen MR) is 132 cm³/mol. The van der Waals surface area contributed by atoms with Crippen LogP contribution < -0.4 is 34.9 Å². The van der Waals surface area contributed by atoms with E-state index in [9.17, 15) is 14.4 Å². The molecule has 190 valence electrons. The summed E-state index contributed by atoms with van der Waals surface area (Å²) in [6.07, 6.45) is 20.8. The van der Waals surface area contributed by atoms with Crippen molar-refractivity contribution in [1.82, 2.24) is 5.32 Å². The third-order valence-electron chi connectivity index (χ3n) is 5.29. The number of aliphatic carboxylic acids is 2. The van der Waals surface area contributed by atoms with Gasteiger partial charge in [0.05, 0.1) is 0 Å². The van der Waals surface area contributed by atoms with Crippen LogP contribution in [0.2, 0.25) is 0 Å². The summed E-state index contributed by atoms with van der Waals surface area (Å²) in [7, 11) is 0. The third kappa shape index (κ3) is 31.4. The molecule has 3 N–H and O–H groups in total. The predicted octanol–water partition coefficient (Wildman–Crippen LogP) is 3.92. The molecule has 0 aliphatic rings. The Kier molecular flexibility index (Phi) is 33.0. The number of carbonyl (C=O) groups excluding carboxylic acids is 1. The number of hydrogen-bond acceptors (Lipinski definition) is 3. The van der Waals surface area contributed by atoms with Crippen LogP contribution >= 0.6 is 0 Å². The summed E-state index contributed by atoms with van der Waals surface area (Å²) in [5.74, 6) is -2.55. The standard InChI is InChI=1S/C23H43NO5.C3H7.Na/c1-2-3-4-5-6-7-8-9-10-11-12-13-14-15-16-17-21(25)24-20(23(28)29)18-19-22(26)27;1-3-2;/h20H,2-19H2,1H3,(H,24,25)(H,26,27)(H,28,29);3H,1-2H3;/q;-1;+1/t20-;;/m0../s1. The van der Waals surface area contributed by atoms with Crippen LogP contribution in [0.15, 0.2) is 0 Å². The second kappa shape index (κ2) is 29.4. The first-order chi connectivity index (χ1) is 15.4. The molecule has 0 aromatic carbocycles. The molecule has 0 aromatic heterocycles. The Morgan fingerprint density at radius 1 is 0.697 bits per heavy atom. The smallest absolute Gasteiger partial charge is 0.481 e. The third-order valence-corrected chi connectivity index (χ3v) is 5.29. The zero-order chi connectivity index (χ0) is 24.5. The summed E-state index contributed by atoms with van der Waals surface area (Å²) >= 11 is 0. The van der Waals surface area contributed by atoms with E-state index in [1.165, 1.54) is 77.0 Å². The molecule has 0 radical (unpaired) electrons. The van der Waals surface area contributed by atoms with E-state index in [0.29, 0.717) is 6.42 Å². The van der Waals surface area contributed by atoms with Crippen molar-refractivity contribution in [3.8, 4) is 0 Å². The fourth-order valence-corrected chi connectivity index (χ4v) is 3.45. The van der Waals surface area contributed by atoms with Gasteiger partial charge in [0.25, 0.3) is 0 Å². The van der Waals surface area contributed by atoms with Gasteiger partial charge in [-0.3, -0.25) is 9.59 Å². The summed E-state index contributed by atoms with van der Waals surface area (Å²) in [6, 6.07) is -1.12. The van der Waals surface area contributed by atoms with E-state index in [-0.39, 0.29) is 48.3 Å². The van der Waals surface area contributed by atoms with E-state index in [1.807, 2.05) is 20.3 Å². The van der Waals surface area contributed by atoms with Gasteiger partial charge in [-0.05, 0) is 12.8 Å². The number of rotatable bonds is 21. The molecule has 0 heterocycles. The van der Waals surface area contributed by atoms with E-state index in [2.05, 4.69) is 12.2 Å². The molecule has 0 aliphatic heterocycles. The van der Waals surface area contributed by atoms with E-state index < -0.39 is 18.0 Å². The van der Waals surface area contributed by atoms with Crippen molar-refractivity contribution in [3.63, 3.8) is 0 Å². The number of carbonyl (C=O) groups is 3. The first-order valence-electron chi connectivity index (χ1n) is 12.9. The molecule has 0 fully saturated rings. The van der Waals surface area contributed by atoms with Crippen LogP contribution in [0.5, 0.6) is 0 Å². The molecule has 1 atom stereocenters. The maximum atomic E-state index is 11.8. The quantitative estimate of drug-likeness (QED) is 0.132. The van der Waals surface area contributed by atoms with Crippen molar-refractivity contribution >= 4 is 17.8 Å². The Balaban J connectivity index is -0.00000212. The average Bonchev–Trinajstić information content (AvgIpc) is 2.74. The molecule has 0 unspecified atom stereocenters. The number of carboxylic acids is 2. The van der Waals surface area contributed by atoms with Crippen LogP contribution in [0.1, 0.15) is 136 Å². The Bertz CT molecular complexity index is 460. The van der Waals surface area contributed by atoms with Gasteiger partial charge in [0, 0.05) is 12.8 Å². The van der Waals surface area contributed by atoms with Crippen molar-refractivity contribution in [2.24, 2.45) is 0 Å². The summed E-state index contributed by atoms with van der Waals surface area (Å²) in [5.41, 5.74) is 0. The molecule has 1 amide bonds. The first-order valence-corrected chi connectivity index (χ1v) is 12.9. The maximum Gasteiger partial charge on any atom is 1.00 e. The van der Waals surface area contributed by atoms with Crippen molar-refractivity contribution in [1.29, 1.82) is 0 Å². The van der Waals surface area contributed by atoms with Gasteiger partial charge in [-0.15, -0.1) is 0 Å². The van der Waals surface area contributed by atoms with Crippen molar-refractivity contribution in [2.75, 3.05) is 0 Å². The van der Waals surface area contributed by atoms with Crippen LogP contribution in [-0.4, -0.2) is 34.1 Å². The largest absolute Gasteiger partial charge is 1.00 e. The summed E-state index contributed by atoms with van der Waals surface area (Å²) < 4.78 is 0. The average molecular weight is 480 g/mol. The van der Waals surface area contributed by atoms with Gasteiger partial charge >= 0.3 is 41.5 Å². The zero-order valence-electron chi connectivity index (χ0n) is 22.0. The SMILES string of the molecule is CCCCCCCCCCCCCCCCCC(=O)N[C@@H](CCC(=O)O)C(=O)O.C[CH-]C.[Na+]. The van der Waals surface area contributed by atoms with E-state index >= 15 is 0 Å². The molecule has 0 aromatic rings. The fourth-order valence-electron chi connectivity index (χ4n) is 3.45. The van der Waals surface area contributed by atoms with Gasteiger partial charge in [-0.2, -0.15) is 13.8 Å². The molecule has 0 rings (SSSR count). The van der Waals surface area contributed by atoms with Crippen molar-refractivity contribution in [2.45, 2.75) is 142 Å². The summed E-state index contributed by atoms with van der Waals surface area (Å²) in [4.78, 5) is 33.4. The minimum absolute atomic E-state index is 0.